The lowest BCUT2D eigenvalue weighted by Gasteiger charge is -2.45. The summed E-state index contributed by atoms with van der Waals surface area (Å²) in [5, 5.41) is 14.0. The number of aliphatic carboxylic acids is 1. The lowest BCUT2D eigenvalue weighted by molar-refractivity contribution is -0.147. The van der Waals surface area contributed by atoms with E-state index in [9.17, 15) is 27.9 Å². The van der Waals surface area contributed by atoms with Crippen LogP contribution in [0.5, 0.6) is 0 Å². The van der Waals surface area contributed by atoms with E-state index in [0.717, 1.165) is 41.9 Å². The number of hydrogen-bond acceptors (Lipinski definition) is 5. The molecule has 0 radical (unpaired) electrons. The van der Waals surface area contributed by atoms with Crippen molar-refractivity contribution in [1.29, 1.82) is 0 Å². The van der Waals surface area contributed by atoms with E-state index in [2.05, 4.69) is 44.7 Å². The summed E-state index contributed by atoms with van der Waals surface area (Å²) in [6.45, 7) is 10.7. The zero-order valence-electron chi connectivity index (χ0n) is 27.2. The zero-order valence-corrected chi connectivity index (χ0v) is 29.7. The van der Waals surface area contributed by atoms with Crippen LogP contribution in [-0.4, -0.2) is 58.1 Å². The number of carbonyl (C=O) groups is 2. The Hall–Kier alpha value is -2.15. The van der Waals surface area contributed by atoms with Gasteiger partial charge in [0, 0.05) is 24.5 Å². The molecule has 2 aliphatic carbocycles. The number of carboxylic acid groups (broad SMARTS) is 1. The van der Waals surface area contributed by atoms with Gasteiger partial charge in [0.15, 0.2) is 14.0 Å². The fourth-order valence-electron chi connectivity index (χ4n) is 7.42. The van der Waals surface area contributed by atoms with Crippen molar-refractivity contribution in [2.24, 2.45) is 17.3 Å². The summed E-state index contributed by atoms with van der Waals surface area (Å²) in [6.07, 6.45) is 0.880. The van der Waals surface area contributed by atoms with Crippen molar-refractivity contribution in [2.45, 2.75) is 110 Å². The van der Waals surface area contributed by atoms with Crippen molar-refractivity contribution in [1.82, 2.24) is 19.7 Å². The van der Waals surface area contributed by atoms with E-state index in [1.807, 2.05) is 0 Å². The van der Waals surface area contributed by atoms with Gasteiger partial charge in [0.2, 0.25) is 0 Å². The summed E-state index contributed by atoms with van der Waals surface area (Å²) in [7, 11) is -2.33. The minimum atomic E-state index is -4.86. The Bertz CT molecular complexity index is 1360. The third kappa shape index (κ3) is 8.10. The van der Waals surface area contributed by atoms with E-state index in [1.54, 1.807) is 0 Å². The van der Waals surface area contributed by atoms with Crippen LogP contribution in [0.1, 0.15) is 107 Å². The monoisotopic (exact) mass is 704 g/mol. The molecule has 2 aromatic heterocycles. The smallest absolute Gasteiger partial charge is 0.433 e. The average molecular weight is 706 g/mol. The van der Waals surface area contributed by atoms with Gasteiger partial charge in [-0.05, 0) is 68.0 Å². The molecule has 2 heterocycles. The molecule has 1 atom stereocenters. The Morgan fingerprint density at radius 3 is 2.11 bits per heavy atom. The van der Waals surface area contributed by atoms with Crippen LogP contribution in [0, 0.1) is 17.3 Å². The second kappa shape index (κ2) is 14.5. The third-order valence-electron chi connectivity index (χ3n) is 10.1. The maximum absolute atomic E-state index is 14.8. The van der Waals surface area contributed by atoms with Crippen molar-refractivity contribution in [3.05, 3.63) is 45.5 Å². The molecule has 256 valence electrons. The van der Waals surface area contributed by atoms with Gasteiger partial charge in [0.1, 0.15) is 0 Å². The highest BCUT2D eigenvalue weighted by Crippen LogP contribution is 2.46. The summed E-state index contributed by atoms with van der Waals surface area (Å²) >= 11 is 13.3. The lowest BCUT2D eigenvalue weighted by atomic mass is 9.64. The normalized spacial score (nSPS) is 21.1. The molecule has 0 aliphatic heterocycles. The van der Waals surface area contributed by atoms with Gasteiger partial charge in [-0.25, -0.2) is 0 Å². The van der Waals surface area contributed by atoms with Crippen LogP contribution in [0.3, 0.4) is 0 Å². The molecule has 1 N–H and O–H groups in total. The molecular weight excluding hydrogens is 660 g/mol. The maximum atomic E-state index is 14.8. The molecule has 2 aliphatic rings. The number of nitrogens with zero attached hydrogens (tertiary/aromatic N) is 4. The molecule has 0 aromatic carbocycles. The van der Waals surface area contributed by atoms with Crippen LogP contribution in [0.15, 0.2) is 18.6 Å². The van der Waals surface area contributed by atoms with Crippen molar-refractivity contribution >= 4 is 43.4 Å². The predicted molar refractivity (Wildman–Crippen MR) is 174 cm³/mol. The number of halogens is 5. The Labute approximate surface area is 280 Å². The molecule has 2 saturated carbocycles. The number of carbonyl (C=O) groups excluding carboxylic acids is 1. The van der Waals surface area contributed by atoms with Crippen LogP contribution in [0.4, 0.5) is 13.2 Å². The van der Waals surface area contributed by atoms with Crippen molar-refractivity contribution in [2.75, 3.05) is 13.1 Å². The molecule has 46 heavy (non-hydrogen) atoms. The molecule has 0 bridgehead atoms. The van der Waals surface area contributed by atoms with Gasteiger partial charge in [0.05, 0.1) is 46.4 Å². The van der Waals surface area contributed by atoms with Crippen LogP contribution < -0.4 is 0 Å². The summed E-state index contributed by atoms with van der Waals surface area (Å²) in [6, 6.07) is 1.75. The van der Waals surface area contributed by atoms with Gasteiger partial charge in [-0.3, -0.25) is 19.3 Å². The van der Waals surface area contributed by atoms with Crippen molar-refractivity contribution < 1.29 is 32.3 Å². The molecule has 2 aromatic rings. The fraction of sp³-hybridized carbons (Fsp3) is 0.688. The third-order valence-corrected chi connectivity index (χ3v) is 15.3. The number of hydrogen-bond donors (Lipinski definition) is 1. The van der Waals surface area contributed by atoms with Gasteiger partial charge in [-0.15, -0.1) is 0 Å². The second-order valence-electron chi connectivity index (χ2n) is 13.7. The Morgan fingerprint density at radius 2 is 1.63 bits per heavy atom. The average Bonchev–Trinajstić information content (AvgIpc) is 3.44. The quantitative estimate of drug-likeness (QED) is 0.209. The number of amides is 1. The van der Waals surface area contributed by atoms with E-state index in [4.69, 9.17) is 27.6 Å². The molecule has 0 saturated heterocycles. The number of rotatable bonds is 13. The molecule has 4 rings (SSSR count). The molecule has 1 amide bonds. The summed E-state index contributed by atoms with van der Waals surface area (Å²) in [5.74, 6) is -2.23. The largest absolute Gasteiger partial charge is 0.481 e. The van der Waals surface area contributed by atoms with Gasteiger partial charge < -0.3 is 14.4 Å². The molecule has 8 nitrogen and oxygen atoms in total. The Morgan fingerprint density at radius 1 is 1.07 bits per heavy atom. The molecule has 1 unspecified atom stereocenters. The van der Waals surface area contributed by atoms with Crippen LogP contribution in [-0.2, 0) is 15.4 Å². The number of alkyl halides is 3. The highest BCUT2D eigenvalue weighted by Gasteiger charge is 2.45. The van der Waals surface area contributed by atoms with Gasteiger partial charge in [0.25, 0.3) is 5.91 Å². The minimum Gasteiger partial charge on any atom is -0.481 e. The first-order valence-corrected chi connectivity index (χ1v) is 19.5. The number of aromatic nitrogens is 3. The van der Waals surface area contributed by atoms with E-state index in [0.29, 0.717) is 5.56 Å². The van der Waals surface area contributed by atoms with Crippen molar-refractivity contribution in [3.8, 4) is 0 Å². The number of pyridine rings is 1. The first-order valence-electron chi connectivity index (χ1n) is 16.2. The molecule has 0 spiro atoms. The summed E-state index contributed by atoms with van der Waals surface area (Å²) in [5.41, 5.74) is -1.08. The van der Waals surface area contributed by atoms with E-state index >= 15 is 0 Å². The fourth-order valence-corrected chi connectivity index (χ4v) is 10.8. The SMILES string of the molecule is CC[Si](CC)(CC)OC(CN(CC1CC(C)(C)C1)C(=O)c1cnn(C2CCC(C(=O)O)CC2)c1C(F)(F)F)c1c(Cl)cncc1Cl. The highest BCUT2D eigenvalue weighted by atomic mass is 35.5. The first kappa shape index (κ1) is 36.7. The standard InChI is InChI=1S/C32H45Cl2F3N4O4Si/c1-6-46(7-2,8-3)45-26(27-24(33)16-38-17-25(27)34)19-40(18-20-13-31(4,5)14-20)29(42)23-15-39-41(28(23)32(35,36)37)22-11-9-21(10-12-22)30(43)44/h15-17,20-22,26H,6-14,18-19H2,1-5H3,(H,43,44). The van der Waals surface area contributed by atoms with Gasteiger partial charge in [-0.1, -0.05) is 57.8 Å². The summed E-state index contributed by atoms with van der Waals surface area (Å²) < 4.78 is 52.1. The summed E-state index contributed by atoms with van der Waals surface area (Å²) in [4.78, 5) is 31.4. The maximum Gasteiger partial charge on any atom is 0.433 e. The Kier molecular flexibility index (Phi) is 11.6. The zero-order chi connectivity index (χ0) is 34.0. The highest BCUT2D eigenvalue weighted by molar-refractivity contribution is 6.73. The Balaban J connectivity index is 1.75. The number of carboxylic acids is 1. The molecule has 14 heteroatoms. The van der Waals surface area contributed by atoms with Gasteiger partial charge >= 0.3 is 12.1 Å². The minimum absolute atomic E-state index is 0.0415. The van der Waals surface area contributed by atoms with Crippen LogP contribution in [0.2, 0.25) is 28.2 Å². The van der Waals surface area contributed by atoms with Gasteiger partial charge in [-0.2, -0.15) is 18.3 Å². The lowest BCUT2D eigenvalue weighted by Crippen LogP contribution is -2.46. The molecular formula is C32H45Cl2F3N4O4Si. The van der Waals surface area contributed by atoms with Crippen LogP contribution >= 0.6 is 23.2 Å². The second-order valence-corrected chi connectivity index (χ2v) is 19.2. The van der Waals surface area contributed by atoms with E-state index in [-0.39, 0.29) is 60.2 Å². The first-order chi connectivity index (χ1) is 21.5. The van der Waals surface area contributed by atoms with E-state index in [1.165, 1.54) is 17.3 Å². The van der Waals surface area contributed by atoms with Crippen molar-refractivity contribution in [3.63, 3.8) is 0 Å². The van der Waals surface area contributed by atoms with E-state index < -0.39 is 55.7 Å². The predicted octanol–water partition coefficient (Wildman–Crippen LogP) is 9.06. The topological polar surface area (TPSA) is 97.6 Å². The molecule has 2 fully saturated rings. The van der Waals surface area contributed by atoms with Crippen LogP contribution in [0.25, 0.3) is 0 Å².